The predicted molar refractivity (Wildman–Crippen MR) is 125 cm³/mol. The Morgan fingerprint density at radius 3 is 2.79 bits per heavy atom. The van der Waals surface area contributed by atoms with Crippen LogP contribution in [0.1, 0.15) is 26.7 Å². The average molecular weight is 491 g/mol. The molecule has 0 aliphatic carbocycles. The Labute approximate surface area is 198 Å². The minimum Gasteiger partial charge on any atom is -0.472 e. The van der Waals surface area contributed by atoms with E-state index in [0.29, 0.717) is 55.9 Å². The molecule has 0 aromatic carbocycles. The molecule has 184 valence electrons. The molecule has 4 atom stereocenters. The van der Waals surface area contributed by atoms with E-state index in [9.17, 15) is 8.42 Å². The van der Waals surface area contributed by atoms with Crippen LogP contribution >= 0.6 is 0 Å². The molecule has 3 aromatic rings. The van der Waals surface area contributed by atoms with Crippen molar-refractivity contribution in [2.45, 2.75) is 38.8 Å². The van der Waals surface area contributed by atoms with Crippen LogP contribution in [0.25, 0.3) is 16.9 Å². The summed E-state index contributed by atoms with van der Waals surface area (Å²) in [6.45, 7) is 6.36. The number of aromatic amines is 1. The van der Waals surface area contributed by atoms with Crippen LogP contribution in [-0.2, 0) is 14.8 Å². The standard InChI is InChI=1S/C21H30N8O4S/c1-13-11-28(34(3,30)31)6-4-16(13)25-21-26-18-10-22-19(15-8-23-24-9-15)20(29(18)27-21)33-17-5-7-32-12-14(17)2/h8-10,13-14,16-17H,4-7,11-12H2,1-3H3,(H,23,24)(H,25,27)/t13-,14?,16+,17?/m1/s1. The fourth-order valence-electron chi connectivity index (χ4n) is 4.55. The van der Waals surface area contributed by atoms with Gasteiger partial charge in [-0.1, -0.05) is 13.8 Å². The zero-order valence-electron chi connectivity index (χ0n) is 19.5. The van der Waals surface area contributed by atoms with E-state index in [1.807, 2.05) is 6.92 Å². The lowest BCUT2D eigenvalue weighted by Crippen LogP contribution is -2.47. The maximum absolute atomic E-state index is 11.9. The summed E-state index contributed by atoms with van der Waals surface area (Å²) in [6, 6.07) is 0.0524. The van der Waals surface area contributed by atoms with Crippen LogP contribution in [0.5, 0.6) is 5.88 Å². The number of rotatable bonds is 6. The maximum Gasteiger partial charge on any atom is 0.244 e. The number of ether oxygens (including phenoxy) is 2. The van der Waals surface area contributed by atoms with Gasteiger partial charge in [0.05, 0.1) is 31.9 Å². The second-order valence-corrected chi connectivity index (χ2v) is 11.2. The van der Waals surface area contributed by atoms with Crippen LogP contribution in [0.15, 0.2) is 18.6 Å². The average Bonchev–Trinajstić information content (AvgIpc) is 3.46. The third-order valence-corrected chi connectivity index (χ3v) is 7.85. The van der Waals surface area contributed by atoms with E-state index in [-0.39, 0.29) is 24.0 Å². The van der Waals surface area contributed by atoms with Crippen molar-refractivity contribution in [1.29, 1.82) is 0 Å². The molecule has 34 heavy (non-hydrogen) atoms. The lowest BCUT2D eigenvalue weighted by atomic mass is 9.95. The molecule has 0 spiro atoms. The highest BCUT2D eigenvalue weighted by molar-refractivity contribution is 7.88. The lowest BCUT2D eigenvalue weighted by Gasteiger charge is -2.35. The number of nitrogens with zero attached hydrogens (tertiary/aromatic N) is 6. The van der Waals surface area contributed by atoms with Crippen molar-refractivity contribution in [2.75, 3.05) is 37.9 Å². The van der Waals surface area contributed by atoms with Crippen LogP contribution in [0.4, 0.5) is 5.95 Å². The first-order chi connectivity index (χ1) is 16.3. The first-order valence-corrected chi connectivity index (χ1v) is 13.4. The Morgan fingerprint density at radius 1 is 1.24 bits per heavy atom. The van der Waals surface area contributed by atoms with Gasteiger partial charge in [0.15, 0.2) is 5.65 Å². The summed E-state index contributed by atoms with van der Waals surface area (Å²) in [5, 5.41) is 15.0. The van der Waals surface area contributed by atoms with Crippen molar-refractivity contribution in [3.05, 3.63) is 18.6 Å². The van der Waals surface area contributed by atoms with Crippen LogP contribution in [-0.4, -0.2) is 87.2 Å². The number of aromatic nitrogens is 6. The molecule has 2 aliphatic heterocycles. The van der Waals surface area contributed by atoms with Crippen molar-refractivity contribution in [3.63, 3.8) is 0 Å². The van der Waals surface area contributed by atoms with Gasteiger partial charge in [0.1, 0.15) is 11.8 Å². The van der Waals surface area contributed by atoms with Gasteiger partial charge in [-0.15, -0.1) is 5.10 Å². The monoisotopic (exact) mass is 490 g/mol. The summed E-state index contributed by atoms with van der Waals surface area (Å²) in [7, 11) is -3.20. The minimum absolute atomic E-state index is 0.0345. The Hall–Kier alpha value is -2.77. The van der Waals surface area contributed by atoms with Crippen LogP contribution in [0.3, 0.4) is 0 Å². The Kier molecular flexibility index (Phi) is 6.16. The van der Waals surface area contributed by atoms with Gasteiger partial charge in [0, 0.05) is 43.2 Å². The molecule has 0 amide bonds. The fraction of sp³-hybridized carbons (Fsp3) is 0.619. The van der Waals surface area contributed by atoms with Gasteiger partial charge in [-0.3, -0.25) is 5.10 Å². The van der Waals surface area contributed by atoms with Crippen LogP contribution in [0, 0.1) is 11.8 Å². The first kappa shape index (κ1) is 23.0. The van der Waals surface area contributed by atoms with Crippen molar-refractivity contribution < 1.29 is 17.9 Å². The molecule has 5 rings (SSSR count). The zero-order valence-corrected chi connectivity index (χ0v) is 20.3. The van der Waals surface area contributed by atoms with Crippen molar-refractivity contribution in [2.24, 2.45) is 11.8 Å². The summed E-state index contributed by atoms with van der Waals surface area (Å²) >= 11 is 0. The first-order valence-electron chi connectivity index (χ1n) is 11.5. The number of sulfonamides is 1. The Bertz CT molecular complexity index is 1250. The number of anilines is 1. The molecule has 0 bridgehead atoms. The molecule has 3 aromatic heterocycles. The normalized spacial score (nSPS) is 26.6. The third kappa shape index (κ3) is 4.59. The molecule has 0 saturated carbocycles. The van der Waals surface area contributed by atoms with Crippen LogP contribution < -0.4 is 10.1 Å². The molecule has 13 heteroatoms. The van der Waals surface area contributed by atoms with Gasteiger partial charge < -0.3 is 14.8 Å². The third-order valence-electron chi connectivity index (χ3n) is 6.58. The zero-order chi connectivity index (χ0) is 23.9. The van der Waals surface area contributed by atoms with E-state index in [4.69, 9.17) is 14.6 Å². The molecule has 0 radical (unpaired) electrons. The fourth-order valence-corrected chi connectivity index (χ4v) is 5.49. The molecule has 12 nitrogen and oxygen atoms in total. The number of piperidine rings is 1. The van der Waals surface area contributed by atoms with E-state index < -0.39 is 10.0 Å². The molecule has 2 aliphatic rings. The van der Waals surface area contributed by atoms with Gasteiger partial charge >= 0.3 is 0 Å². The molecule has 2 saturated heterocycles. The van der Waals surface area contributed by atoms with Crippen molar-refractivity contribution >= 4 is 21.6 Å². The van der Waals surface area contributed by atoms with Gasteiger partial charge in [0.25, 0.3) is 0 Å². The molecule has 2 fully saturated rings. The summed E-state index contributed by atoms with van der Waals surface area (Å²) in [5.41, 5.74) is 1.99. The molecule has 2 unspecified atom stereocenters. The number of nitrogens with one attached hydrogen (secondary N) is 2. The predicted octanol–water partition coefficient (Wildman–Crippen LogP) is 1.40. The minimum atomic E-state index is -3.20. The maximum atomic E-state index is 11.9. The van der Waals surface area contributed by atoms with E-state index in [2.05, 4.69) is 32.4 Å². The SMILES string of the molecule is CC1COCCC1Oc1c(-c2cn[nH]c2)ncc2nc(N[C@H]3CCN(S(C)(=O)=O)C[C@H]3C)nn12. The highest BCUT2D eigenvalue weighted by atomic mass is 32.2. The number of hydrogen-bond donors (Lipinski definition) is 2. The quantitative estimate of drug-likeness (QED) is 0.525. The van der Waals surface area contributed by atoms with Crippen molar-refractivity contribution in [1.82, 2.24) is 34.1 Å². The molecular weight excluding hydrogens is 460 g/mol. The van der Waals surface area contributed by atoms with Gasteiger partial charge in [-0.25, -0.2) is 17.7 Å². The van der Waals surface area contributed by atoms with E-state index in [1.54, 1.807) is 23.1 Å². The van der Waals surface area contributed by atoms with E-state index >= 15 is 0 Å². The lowest BCUT2D eigenvalue weighted by molar-refractivity contribution is -0.0187. The summed E-state index contributed by atoms with van der Waals surface area (Å²) in [5.74, 6) is 1.30. The topological polar surface area (TPSA) is 140 Å². The number of H-pyrrole nitrogens is 1. The summed E-state index contributed by atoms with van der Waals surface area (Å²) in [4.78, 5) is 9.23. The Morgan fingerprint density at radius 2 is 2.09 bits per heavy atom. The van der Waals surface area contributed by atoms with Gasteiger partial charge in [0.2, 0.25) is 21.9 Å². The second kappa shape index (κ2) is 9.12. The number of hydrogen-bond acceptors (Lipinski definition) is 9. The smallest absolute Gasteiger partial charge is 0.244 e. The van der Waals surface area contributed by atoms with Gasteiger partial charge in [-0.2, -0.15) is 14.6 Å². The highest BCUT2D eigenvalue weighted by Crippen LogP contribution is 2.31. The highest BCUT2D eigenvalue weighted by Gasteiger charge is 2.32. The number of fused-ring (bicyclic) bond motifs is 1. The van der Waals surface area contributed by atoms with E-state index in [1.165, 1.54) is 10.6 Å². The van der Waals surface area contributed by atoms with Crippen LogP contribution in [0.2, 0.25) is 0 Å². The van der Waals surface area contributed by atoms with E-state index in [0.717, 1.165) is 12.0 Å². The Balaban J connectivity index is 1.44. The summed E-state index contributed by atoms with van der Waals surface area (Å²) < 4.78 is 39.1. The van der Waals surface area contributed by atoms with Gasteiger partial charge in [-0.05, 0) is 12.3 Å². The van der Waals surface area contributed by atoms with Crippen molar-refractivity contribution in [3.8, 4) is 17.1 Å². The molecule has 5 heterocycles. The second-order valence-electron chi connectivity index (χ2n) is 9.24. The largest absolute Gasteiger partial charge is 0.472 e. The summed E-state index contributed by atoms with van der Waals surface area (Å²) in [6.07, 6.45) is 7.79. The molecule has 2 N–H and O–H groups in total. The molecular formula is C21H30N8O4S.